The number of hydrogen-bond donors (Lipinski definition) is 3. The second kappa shape index (κ2) is 13.8. The number of rotatable bonds is 8. The summed E-state index contributed by atoms with van der Waals surface area (Å²) in [7, 11) is 0. The fourth-order valence-electron chi connectivity index (χ4n) is 2.95. The fourth-order valence-corrected chi connectivity index (χ4v) is 2.95. The molecule has 3 N–H and O–H groups in total. The molecule has 7 heteroatoms. The standard InChI is InChI=1S/C14H19NO5.C14H14O/c1-14(2,3)20-13(19)15-11(12(17)18)8-9-4-6-10(16)7-5-9;1-3-7-13(8-4-1)11-15-12-14-9-5-2-6-10-14/h4-7,11,16H,8H2,1-3H3,(H,15,19)(H,17,18);1-10H,11-12H2/t11-;/m0./s1. The molecule has 0 aliphatic rings. The molecule has 1 atom stereocenters. The largest absolute Gasteiger partial charge is 0.508 e. The molecule has 3 aromatic rings. The third-order valence-corrected chi connectivity index (χ3v) is 4.59. The second-order valence-electron chi connectivity index (χ2n) is 8.87. The average molecular weight is 480 g/mol. The number of ether oxygens (including phenoxy) is 2. The molecule has 1 amide bonds. The van der Waals surface area contributed by atoms with Crippen LogP contribution < -0.4 is 5.32 Å². The van der Waals surface area contributed by atoms with Crippen molar-refractivity contribution in [2.45, 2.75) is 52.0 Å². The first-order valence-corrected chi connectivity index (χ1v) is 11.3. The highest BCUT2D eigenvalue weighted by Crippen LogP contribution is 2.12. The highest BCUT2D eigenvalue weighted by Gasteiger charge is 2.24. The number of amides is 1. The van der Waals surface area contributed by atoms with Crippen molar-refractivity contribution in [2.24, 2.45) is 0 Å². The first-order valence-electron chi connectivity index (χ1n) is 11.3. The maximum atomic E-state index is 11.6. The number of carbonyl (C=O) groups is 2. The van der Waals surface area contributed by atoms with Gasteiger partial charge in [0.1, 0.15) is 17.4 Å². The van der Waals surface area contributed by atoms with Gasteiger partial charge in [-0.15, -0.1) is 0 Å². The molecule has 0 radical (unpaired) electrons. The Kier molecular flexibility index (Phi) is 10.8. The molecule has 0 aliphatic carbocycles. The molecule has 0 saturated carbocycles. The molecule has 7 nitrogen and oxygen atoms in total. The quantitative estimate of drug-likeness (QED) is 0.404. The highest BCUT2D eigenvalue weighted by atomic mass is 16.6. The number of aliphatic carboxylic acids is 1. The Morgan fingerprint density at radius 2 is 1.29 bits per heavy atom. The Balaban J connectivity index is 0.000000256. The normalized spacial score (nSPS) is 11.5. The van der Waals surface area contributed by atoms with Crippen LogP contribution in [0.4, 0.5) is 4.79 Å². The maximum Gasteiger partial charge on any atom is 0.408 e. The van der Waals surface area contributed by atoms with Crippen molar-refractivity contribution in [1.29, 1.82) is 0 Å². The summed E-state index contributed by atoms with van der Waals surface area (Å²) in [5.41, 5.74) is 2.43. The van der Waals surface area contributed by atoms with E-state index in [1.165, 1.54) is 23.3 Å². The molecule has 0 heterocycles. The van der Waals surface area contributed by atoms with Gasteiger partial charge >= 0.3 is 12.1 Å². The molecule has 0 unspecified atom stereocenters. The van der Waals surface area contributed by atoms with Gasteiger partial charge in [0, 0.05) is 6.42 Å². The van der Waals surface area contributed by atoms with Crippen LogP contribution in [-0.2, 0) is 33.9 Å². The van der Waals surface area contributed by atoms with Crippen molar-refractivity contribution in [3.63, 3.8) is 0 Å². The van der Waals surface area contributed by atoms with E-state index in [1.54, 1.807) is 32.9 Å². The monoisotopic (exact) mass is 479 g/mol. The van der Waals surface area contributed by atoms with Crippen LogP contribution in [0.3, 0.4) is 0 Å². The van der Waals surface area contributed by atoms with Gasteiger partial charge in [0.25, 0.3) is 0 Å². The molecule has 0 saturated heterocycles. The average Bonchev–Trinajstić information content (AvgIpc) is 2.81. The summed E-state index contributed by atoms with van der Waals surface area (Å²) in [4.78, 5) is 22.7. The van der Waals surface area contributed by atoms with Gasteiger partial charge in [-0.25, -0.2) is 9.59 Å². The number of phenolic OH excluding ortho intramolecular Hbond substituents is 1. The van der Waals surface area contributed by atoms with E-state index < -0.39 is 23.7 Å². The topological polar surface area (TPSA) is 105 Å². The van der Waals surface area contributed by atoms with Crippen LogP contribution in [0.5, 0.6) is 5.75 Å². The van der Waals surface area contributed by atoms with E-state index in [-0.39, 0.29) is 12.2 Å². The van der Waals surface area contributed by atoms with Crippen molar-refractivity contribution < 1.29 is 29.3 Å². The van der Waals surface area contributed by atoms with Crippen molar-refractivity contribution in [1.82, 2.24) is 5.32 Å². The number of alkyl carbamates (subject to hydrolysis) is 1. The summed E-state index contributed by atoms with van der Waals surface area (Å²) in [6.45, 7) is 6.44. The lowest BCUT2D eigenvalue weighted by atomic mass is 10.1. The Morgan fingerprint density at radius 1 is 0.800 bits per heavy atom. The van der Waals surface area contributed by atoms with Crippen LogP contribution in [-0.4, -0.2) is 33.9 Å². The zero-order valence-corrected chi connectivity index (χ0v) is 20.3. The van der Waals surface area contributed by atoms with Crippen molar-refractivity contribution in [3.05, 3.63) is 102 Å². The van der Waals surface area contributed by atoms with Gasteiger partial charge in [0.05, 0.1) is 13.2 Å². The van der Waals surface area contributed by atoms with Gasteiger partial charge in [-0.05, 0) is 49.6 Å². The van der Waals surface area contributed by atoms with E-state index in [4.69, 9.17) is 19.7 Å². The summed E-state index contributed by atoms with van der Waals surface area (Å²) in [5, 5.41) is 20.6. The lowest BCUT2D eigenvalue weighted by molar-refractivity contribution is -0.139. The summed E-state index contributed by atoms with van der Waals surface area (Å²) in [6, 6.07) is 25.5. The molecule has 186 valence electrons. The van der Waals surface area contributed by atoms with Crippen LogP contribution in [0.15, 0.2) is 84.9 Å². The van der Waals surface area contributed by atoms with E-state index in [0.717, 1.165) is 0 Å². The summed E-state index contributed by atoms with van der Waals surface area (Å²) in [6.07, 6.45) is -0.668. The van der Waals surface area contributed by atoms with Gasteiger partial charge in [-0.3, -0.25) is 0 Å². The van der Waals surface area contributed by atoms with E-state index in [2.05, 4.69) is 29.6 Å². The lowest BCUT2D eigenvalue weighted by Gasteiger charge is -2.22. The van der Waals surface area contributed by atoms with Crippen molar-refractivity contribution in [3.8, 4) is 5.75 Å². The molecule has 0 aromatic heterocycles. The lowest BCUT2D eigenvalue weighted by Crippen LogP contribution is -2.44. The molecule has 3 rings (SSSR count). The minimum Gasteiger partial charge on any atom is -0.508 e. The third kappa shape index (κ3) is 11.7. The van der Waals surface area contributed by atoms with Crippen LogP contribution in [0.25, 0.3) is 0 Å². The number of aromatic hydroxyl groups is 1. The van der Waals surface area contributed by atoms with Crippen LogP contribution in [0.1, 0.15) is 37.5 Å². The molecule has 0 aliphatic heterocycles. The Hall–Kier alpha value is -3.84. The van der Waals surface area contributed by atoms with E-state index >= 15 is 0 Å². The minimum absolute atomic E-state index is 0.0979. The molecule has 0 fully saturated rings. The Morgan fingerprint density at radius 3 is 1.71 bits per heavy atom. The number of hydrogen-bond acceptors (Lipinski definition) is 5. The van der Waals surface area contributed by atoms with E-state index in [0.29, 0.717) is 18.8 Å². The number of benzene rings is 3. The highest BCUT2D eigenvalue weighted by molar-refractivity contribution is 5.80. The summed E-state index contributed by atoms with van der Waals surface area (Å²) >= 11 is 0. The molecule has 35 heavy (non-hydrogen) atoms. The molecular formula is C28H33NO6. The smallest absolute Gasteiger partial charge is 0.408 e. The molecule has 0 bridgehead atoms. The maximum absolute atomic E-state index is 11.6. The predicted octanol–water partition coefficient (Wildman–Crippen LogP) is 5.32. The van der Waals surface area contributed by atoms with E-state index in [9.17, 15) is 9.59 Å². The van der Waals surface area contributed by atoms with Gasteiger partial charge in [-0.1, -0.05) is 72.8 Å². The van der Waals surface area contributed by atoms with Crippen molar-refractivity contribution >= 4 is 12.1 Å². The van der Waals surface area contributed by atoms with E-state index in [1.807, 2.05) is 36.4 Å². The zero-order valence-electron chi connectivity index (χ0n) is 20.3. The Bertz CT molecular complexity index is 991. The van der Waals surface area contributed by atoms with Gasteiger partial charge in [0.2, 0.25) is 0 Å². The van der Waals surface area contributed by atoms with Crippen LogP contribution >= 0.6 is 0 Å². The second-order valence-corrected chi connectivity index (χ2v) is 8.87. The van der Waals surface area contributed by atoms with Crippen LogP contribution in [0.2, 0.25) is 0 Å². The summed E-state index contributed by atoms with van der Waals surface area (Å²) in [5.74, 6) is -1.05. The third-order valence-electron chi connectivity index (χ3n) is 4.59. The number of carbonyl (C=O) groups excluding carboxylic acids is 1. The zero-order chi connectivity index (χ0) is 25.7. The molecular weight excluding hydrogens is 446 g/mol. The van der Waals surface area contributed by atoms with Gasteiger partial charge in [-0.2, -0.15) is 0 Å². The predicted molar refractivity (Wildman–Crippen MR) is 134 cm³/mol. The number of carboxylic acids is 1. The first kappa shape index (κ1) is 27.4. The van der Waals surface area contributed by atoms with Gasteiger partial charge < -0.3 is 25.0 Å². The minimum atomic E-state index is -1.15. The molecule has 3 aromatic carbocycles. The van der Waals surface area contributed by atoms with Gasteiger partial charge in [0.15, 0.2) is 0 Å². The fraction of sp³-hybridized carbons (Fsp3) is 0.286. The van der Waals surface area contributed by atoms with Crippen molar-refractivity contribution in [2.75, 3.05) is 0 Å². The SMILES string of the molecule is CC(C)(C)OC(=O)N[C@@H](Cc1ccc(O)cc1)C(=O)O.c1ccc(COCc2ccccc2)cc1. The number of phenols is 1. The molecule has 0 spiro atoms. The van der Waals surface area contributed by atoms with Crippen LogP contribution in [0, 0.1) is 0 Å². The number of nitrogens with one attached hydrogen (secondary N) is 1. The summed E-state index contributed by atoms with van der Waals surface area (Å²) < 4.78 is 10.6. The first-order chi connectivity index (χ1) is 16.6. The Labute approximate surface area is 206 Å². The number of carboxylic acid groups (broad SMARTS) is 1.